The average molecular weight is 287 g/mol. The summed E-state index contributed by atoms with van der Waals surface area (Å²) in [6.07, 6.45) is 1.64. The Morgan fingerprint density at radius 2 is 1.68 bits per heavy atom. The molecule has 0 aliphatic carbocycles. The van der Waals surface area contributed by atoms with Crippen molar-refractivity contribution in [1.29, 1.82) is 0 Å². The maximum atomic E-state index is 14.0. The summed E-state index contributed by atoms with van der Waals surface area (Å²) in [5.41, 5.74) is -0.371. The SMILES string of the molecule is CC(C)CC(O)(Cc1cccc(Cl)c1F)CC(C)C. The lowest BCUT2D eigenvalue weighted by Gasteiger charge is -2.32. The molecule has 19 heavy (non-hydrogen) atoms. The van der Waals surface area contributed by atoms with E-state index in [1.54, 1.807) is 12.1 Å². The van der Waals surface area contributed by atoms with E-state index in [-0.39, 0.29) is 5.02 Å². The molecule has 0 unspecified atom stereocenters. The van der Waals surface area contributed by atoms with Crippen LogP contribution in [-0.4, -0.2) is 10.7 Å². The minimum absolute atomic E-state index is 0.119. The van der Waals surface area contributed by atoms with E-state index in [9.17, 15) is 9.50 Å². The standard InChI is InChI=1S/C16H24ClFO/c1-11(2)8-16(19,9-12(3)4)10-13-6-5-7-14(17)15(13)18/h5-7,11-12,19H,8-10H2,1-4H3. The quantitative estimate of drug-likeness (QED) is 0.793. The van der Waals surface area contributed by atoms with Crippen molar-refractivity contribution in [2.24, 2.45) is 11.8 Å². The molecule has 0 aromatic heterocycles. The van der Waals surface area contributed by atoms with Gasteiger partial charge in [0.05, 0.1) is 10.6 Å². The van der Waals surface area contributed by atoms with Crippen molar-refractivity contribution in [2.45, 2.75) is 52.6 Å². The van der Waals surface area contributed by atoms with Gasteiger partial charge in [-0.3, -0.25) is 0 Å². The molecule has 1 N–H and O–H groups in total. The van der Waals surface area contributed by atoms with Gasteiger partial charge in [0.1, 0.15) is 5.82 Å². The molecular formula is C16H24ClFO. The molecule has 1 aromatic carbocycles. The summed E-state index contributed by atoms with van der Waals surface area (Å²) < 4.78 is 14.0. The molecule has 0 saturated carbocycles. The molecule has 0 fully saturated rings. The molecule has 3 heteroatoms. The highest BCUT2D eigenvalue weighted by molar-refractivity contribution is 6.30. The van der Waals surface area contributed by atoms with E-state index in [1.807, 2.05) is 0 Å². The van der Waals surface area contributed by atoms with Gasteiger partial charge >= 0.3 is 0 Å². The van der Waals surface area contributed by atoms with Gasteiger partial charge < -0.3 is 5.11 Å². The Hall–Kier alpha value is -0.600. The predicted molar refractivity (Wildman–Crippen MR) is 79.0 cm³/mol. The predicted octanol–water partition coefficient (Wildman–Crippen LogP) is 4.84. The van der Waals surface area contributed by atoms with E-state index in [4.69, 9.17) is 11.6 Å². The first kappa shape index (κ1) is 16.5. The number of aliphatic hydroxyl groups is 1. The zero-order chi connectivity index (χ0) is 14.6. The third-order valence-corrected chi connectivity index (χ3v) is 3.42. The molecule has 0 bridgehead atoms. The second-order valence-electron chi connectivity index (χ2n) is 6.31. The van der Waals surface area contributed by atoms with Gasteiger partial charge in [-0.25, -0.2) is 4.39 Å². The van der Waals surface area contributed by atoms with Gasteiger partial charge in [0.15, 0.2) is 0 Å². The summed E-state index contributed by atoms with van der Waals surface area (Å²) in [4.78, 5) is 0. The molecule has 0 spiro atoms. The van der Waals surface area contributed by atoms with Crippen molar-refractivity contribution in [2.75, 3.05) is 0 Å². The maximum Gasteiger partial charge on any atom is 0.145 e. The highest BCUT2D eigenvalue weighted by atomic mass is 35.5. The highest BCUT2D eigenvalue weighted by Gasteiger charge is 2.30. The van der Waals surface area contributed by atoms with E-state index in [0.717, 1.165) is 0 Å². The van der Waals surface area contributed by atoms with E-state index >= 15 is 0 Å². The first-order valence-electron chi connectivity index (χ1n) is 6.89. The van der Waals surface area contributed by atoms with Crippen LogP contribution in [0.5, 0.6) is 0 Å². The molecule has 108 valence electrons. The monoisotopic (exact) mass is 286 g/mol. The Morgan fingerprint density at radius 1 is 1.16 bits per heavy atom. The fourth-order valence-electron chi connectivity index (χ4n) is 2.79. The Bertz CT molecular complexity index is 405. The van der Waals surface area contributed by atoms with E-state index in [1.165, 1.54) is 6.07 Å². The Morgan fingerprint density at radius 3 is 2.16 bits per heavy atom. The van der Waals surface area contributed by atoms with Crippen molar-refractivity contribution in [1.82, 2.24) is 0 Å². The number of hydrogen-bond donors (Lipinski definition) is 1. The Kier molecular flexibility index (Phi) is 5.82. The van der Waals surface area contributed by atoms with Crippen LogP contribution >= 0.6 is 11.6 Å². The Labute approximate surface area is 120 Å². The van der Waals surface area contributed by atoms with Crippen LogP contribution in [-0.2, 0) is 6.42 Å². The first-order valence-corrected chi connectivity index (χ1v) is 7.26. The van der Waals surface area contributed by atoms with Crippen LogP contribution in [0.4, 0.5) is 4.39 Å². The fraction of sp³-hybridized carbons (Fsp3) is 0.625. The van der Waals surface area contributed by atoms with Crippen molar-refractivity contribution in [3.63, 3.8) is 0 Å². The molecule has 0 atom stereocenters. The summed E-state index contributed by atoms with van der Waals surface area (Å²) in [6.45, 7) is 8.28. The maximum absolute atomic E-state index is 14.0. The zero-order valence-electron chi connectivity index (χ0n) is 12.2. The third-order valence-electron chi connectivity index (χ3n) is 3.13. The number of hydrogen-bond acceptors (Lipinski definition) is 1. The van der Waals surface area contributed by atoms with Crippen LogP contribution < -0.4 is 0 Å². The number of benzene rings is 1. The van der Waals surface area contributed by atoms with E-state index < -0.39 is 11.4 Å². The van der Waals surface area contributed by atoms with Crippen molar-refractivity contribution >= 4 is 11.6 Å². The van der Waals surface area contributed by atoms with Crippen molar-refractivity contribution in [3.8, 4) is 0 Å². The van der Waals surface area contributed by atoms with Crippen LogP contribution in [0.1, 0.15) is 46.1 Å². The number of halogens is 2. The van der Waals surface area contributed by atoms with Gasteiger partial charge in [0, 0.05) is 6.42 Å². The molecule has 0 aliphatic rings. The molecule has 0 amide bonds. The van der Waals surface area contributed by atoms with Crippen LogP contribution in [0.15, 0.2) is 18.2 Å². The lowest BCUT2D eigenvalue weighted by Crippen LogP contribution is -2.35. The van der Waals surface area contributed by atoms with Gasteiger partial charge in [-0.1, -0.05) is 51.4 Å². The minimum atomic E-state index is -0.867. The van der Waals surface area contributed by atoms with Gasteiger partial charge in [-0.05, 0) is 36.3 Å². The van der Waals surface area contributed by atoms with Gasteiger partial charge in [0.25, 0.3) is 0 Å². The Balaban J connectivity index is 2.96. The third kappa shape index (κ3) is 5.12. The minimum Gasteiger partial charge on any atom is -0.390 e. The summed E-state index contributed by atoms with van der Waals surface area (Å²) in [7, 11) is 0. The molecular weight excluding hydrogens is 263 g/mol. The lowest BCUT2D eigenvalue weighted by molar-refractivity contribution is 0.0000666. The van der Waals surface area contributed by atoms with Crippen molar-refractivity contribution < 1.29 is 9.50 Å². The first-order chi connectivity index (χ1) is 8.73. The largest absolute Gasteiger partial charge is 0.390 e. The smallest absolute Gasteiger partial charge is 0.145 e. The van der Waals surface area contributed by atoms with Crippen LogP contribution in [0, 0.1) is 17.7 Å². The molecule has 0 aliphatic heterocycles. The lowest BCUT2D eigenvalue weighted by atomic mass is 9.80. The van der Waals surface area contributed by atoms with Crippen LogP contribution in [0.2, 0.25) is 5.02 Å². The molecule has 1 rings (SSSR count). The molecule has 0 heterocycles. The fourth-order valence-corrected chi connectivity index (χ4v) is 2.98. The molecule has 1 nitrogen and oxygen atoms in total. The summed E-state index contributed by atoms with van der Waals surface area (Å²) in [5, 5.41) is 10.9. The highest BCUT2D eigenvalue weighted by Crippen LogP contribution is 2.30. The topological polar surface area (TPSA) is 20.2 Å². The van der Waals surface area contributed by atoms with Crippen LogP contribution in [0.25, 0.3) is 0 Å². The van der Waals surface area contributed by atoms with Gasteiger partial charge in [0.2, 0.25) is 0 Å². The second-order valence-corrected chi connectivity index (χ2v) is 6.72. The molecule has 0 saturated heterocycles. The van der Waals surface area contributed by atoms with Crippen LogP contribution in [0.3, 0.4) is 0 Å². The average Bonchev–Trinajstić information content (AvgIpc) is 2.22. The van der Waals surface area contributed by atoms with Gasteiger partial charge in [-0.2, -0.15) is 0 Å². The number of rotatable bonds is 6. The summed E-state index contributed by atoms with van der Waals surface area (Å²) >= 11 is 5.80. The molecule has 0 radical (unpaired) electrons. The van der Waals surface area contributed by atoms with E-state index in [0.29, 0.717) is 36.7 Å². The van der Waals surface area contributed by atoms with Gasteiger partial charge in [-0.15, -0.1) is 0 Å². The zero-order valence-corrected chi connectivity index (χ0v) is 13.0. The normalized spacial score (nSPS) is 12.5. The second kappa shape index (κ2) is 6.71. The summed E-state index contributed by atoms with van der Waals surface area (Å²) in [5.74, 6) is 0.326. The van der Waals surface area contributed by atoms with E-state index in [2.05, 4.69) is 27.7 Å². The summed E-state index contributed by atoms with van der Waals surface area (Å²) in [6, 6.07) is 4.96. The van der Waals surface area contributed by atoms with Crippen molar-refractivity contribution in [3.05, 3.63) is 34.6 Å². The molecule has 1 aromatic rings.